The minimum Gasteiger partial charge on any atom is -0.300 e. The van der Waals surface area contributed by atoms with E-state index in [4.69, 9.17) is 0 Å². The van der Waals surface area contributed by atoms with Crippen LogP contribution in [0.25, 0.3) is 0 Å². The summed E-state index contributed by atoms with van der Waals surface area (Å²) in [7, 11) is 0. The van der Waals surface area contributed by atoms with Crippen molar-refractivity contribution in [2.75, 3.05) is 32.7 Å². The Morgan fingerprint density at radius 3 is 2.50 bits per heavy atom. The number of carbonyl (C=O) groups is 1. The van der Waals surface area contributed by atoms with Gasteiger partial charge in [-0.3, -0.25) is 9.69 Å². The lowest BCUT2D eigenvalue weighted by atomic mass is 10.0. The van der Waals surface area contributed by atoms with E-state index >= 15 is 0 Å². The zero-order valence-electron chi connectivity index (χ0n) is 12.3. The van der Waals surface area contributed by atoms with Gasteiger partial charge in [0, 0.05) is 50.7 Å². The molecule has 3 heteroatoms. The van der Waals surface area contributed by atoms with Crippen LogP contribution in [0.5, 0.6) is 0 Å². The normalized spacial score (nSPS) is 21.1. The number of aryl methyl sites for hydroxylation is 1. The quantitative estimate of drug-likeness (QED) is 0.769. The fraction of sp³-hybridized carbons (Fsp3) is 0.588. The molecule has 0 bridgehead atoms. The van der Waals surface area contributed by atoms with E-state index < -0.39 is 0 Å². The summed E-state index contributed by atoms with van der Waals surface area (Å²) < 4.78 is 0. The highest BCUT2D eigenvalue weighted by atomic mass is 16.1. The van der Waals surface area contributed by atoms with Gasteiger partial charge in [-0.2, -0.15) is 0 Å². The molecule has 1 aromatic carbocycles. The average Bonchev–Trinajstić information content (AvgIpc) is 3.30. The molecule has 1 aliphatic carbocycles. The lowest BCUT2D eigenvalue weighted by molar-refractivity contribution is 0.0921. The van der Waals surface area contributed by atoms with Gasteiger partial charge in [-0.05, 0) is 25.3 Å². The maximum absolute atomic E-state index is 12.3. The summed E-state index contributed by atoms with van der Waals surface area (Å²) in [6.45, 7) is 7.54. The lowest BCUT2D eigenvalue weighted by Gasteiger charge is -2.34. The minimum absolute atomic E-state index is 0.285. The van der Waals surface area contributed by atoms with Crippen LogP contribution in [0.2, 0.25) is 0 Å². The molecule has 20 heavy (non-hydrogen) atoms. The largest absolute Gasteiger partial charge is 0.300 e. The molecule has 1 aromatic rings. The van der Waals surface area contributed by atoms with Crippen LogP contribution in [-0.2, 0) is 0 Å². The van der Waals surface area contributed by atoms with Crippen molar-refractivity contribution in [2.45, 2.75) is 32.2 Å². The van der Waals surface area contributed by atoms with Gasteiger partial charge in [-0.15, -0.1) is 0 Å². The first-order chi connectivity index (χ1) is 9.74. The van der Waals surface area contributed by atoms with Gasteiger partial charge in [0.1, 0.15) is 0 Å². The molecule has 108 valence electrons. The van der Waals surface area contributed by atoms with Crippen LogP contribution < -0.4 is 0 Å². The molecular formula is C17H24N2O. The summed E-state index contributed by atoms with van der Waals surface area (Å²) in [5.74, 6) is 0.285. The highest BCUT2D eigenvalue weighted by Gasteiger charge is 2.31. The molecule has 0 unspecified atom stereocenters. The molecule has 2 fully saturated rings. The fourth-order valence-electron chi connectivity index (χ4n) is 3.07. The van der Waals surface area contributed by atoms with Crippen LogP contribution >= 0.6 is 0 Å². The highest BCUT2D eigenvalue weighted by molar-refractivity contribution is 5.97. The van der Waals surface area contributed by atoms with E-state index in [9.17, 15) is 4.79 Å². The Morgan fingerprint density at radius 1 is 1.15 bits per heavy atom. The third-order valence-corrected chi connectivity index (χ3v) is 4.57. The molecule has 3 rings (SSSR count). The van der Waals surface area contributed by atoms with Crippen molar-refractivity contribution >= 4 is 5.78 Å². The molecule has 1 aliphatic heterocycles. The number of ketones is 1. The highest BCUT2D eigenvalue weighted by Crippen LogP contribution is 2.27. The molecule has 0 atom stereocenters. The fourth-order valence-corrected chi connectivity index (χ4v) is 3.07. The third kappa shape index (κ3) is 3.28. The smallest absolute Gasteiger partial charge is 0.164 e. The van der Waals surface area contributed by atoms with Crippen molar-refractivity contribution in [2.24, 2.45) is 0 Å². The average molecular weight is 272 g/mol. The minimum atomic E-state index is 0.285. The van der Waals surface area contributed by atoms with Crippen LogP contribution in [0.4, 0.5) is 0 Å². The van der Waals surface area contributed by atoms with Crippen molar-refractivity contribution in [1.29, 1.82) is 0 Å². The summed E-state index contributed by atoms with van der Waals surface area (Å²) in [5.41, 5.74) is 1.99. The van der Waals surface area contributed by atoms with Gasteiger partial charge in [0.05, 0.1) is 0 Å². The number of hydrogen-bond donors (Lipinski definition) is 0. The number of benzene rings is 1. The second-order valence-corrected chi connectivity index (χ2v) is 6.10. The van der Waals surface area contributed by atoms with Gasteiger partial charge in [0.15, 0.2) is 5.78 Å². The van der Waals surface area contributed by atoms with Gasteiger partial charge < -0.3 is 4.90 Å². The van der Waals surface area contributed by atoms with Crippen molar-refractivity contribution in [3.05, 3.63) is 35.4 Å². The monoisotopic (exact) mass is 272 g/mol. The predicted molar refractivity (Wildman–Crippen MR) is 81.2 cm³/mol. The maximum Gasteiger partial charge on any atom is 0.164 e. The molecule has 3 nitrogen and oxygen atoms in total. The molecule has 0 N–H and O–H groups in total. The molecule has 0 spiro atoms. The van der Waals surface area contributed by atoms with Gasteiger partial charge in [0.25, 0.3) is 0 Å². The van der Waals surface area contributed by atoms with Crippen molar-refractivity contribution in [1.82, 2.24) is 9.80 Å². The first kappa shape index (κ1) is 13.8. The first-order valence-electron chi connectivity index (χ1n) is 7.79. The molecule has 1 saturated heterocycles. The van der Waals surface area contributed by atoms with Gasteiger partial charge in [0.2, 0.25) is 0 Å². The molecule has 1 saturated carbocycles. The molecule has 0 aromatic heterocycles. The van der Waals surface area contributed by atoms with E-state index in [1.54, 1.807) is 0 Å². The Kier molecular flexibility index (Phi) is 4.18. The van der Waals surface area contributed by atoms with Gasteiger partial charge >= 0.3 is 0 Å². The Balaban J connectivity index is 1.45. The van der Waals surface area contributed by atoms with E-state index in [1.165, 1.54) is 25.9 Å². The molecule has 0 radical (unpaired) electrons. The molecule has 1 heterocycles. The number of piperazine rings is 1. The predicted octanol–water partition coefficient (Wildman–Crippen LogP) is 2.35. The summed E-state index contributed by atoms with van der Waals surface area (Å²) in [6.07, 6.45) is 3.44. The van der Waals surface area contributed by atoms with Crippen LogP contribution in [-0.4, -0.2) is 54.3 Å². The van der Waals surface area contributed by atoms with E-state index in [0.29, 0.717) is 6.42 Å². The van der Waals surface area contributed by atoms with Gasteiger partial charge in [-0.1, -0.05) is 24.3 Å². The number of nitrogens with zero attached hydrogens (tertiary/aromatic N) is 2. The number of rotatable bonds is 5. The van der Waals surface area contributed by atoms with Crippen LogP contribution in [0.3, 0.4) is 0 Å². The zero-order chi connectivity index (χ0) is 13.9. The second-order valence-electron chi connectivity index (χ2n) is 6.10. The summed E-state index contributed by atoms with van der Waals surface area (Å²) in [4.78, 5) is 17.3. The van der Waals surface area contributed by atoms with Crippen LogP contribution in [0.1, 0.15) is 35.2 Å². The first-order valence-corrected chi connectivity index (χ1v) is 7.79. The number of Topliss-reactive ketones (excluding diaryl/α,β-unsaturated/α-hetero) is 1. The summed E-state index contributed by atoms with van der Waals surface area (Å²) in [6, 6.07) is 8.79. The Hall–Kier alpha value is -1.19. The molecule has 0 amide bonds. The van der Waals surface area contributed by atoms with Crippen molar-refractivity contribution in [3.8, 4) is 0 Å². The van der Waals surface area contributed by atoms with Crippen molar-refractivity contribution < 1.29 is 4.79 Å². The van der Waals surface area contributed by atoms with Crippen LogP contribution in [0, 0.1) is 6.92 Å². The Labute approximate surface area is 121 Å². The Morgan fingerprint density at radius 2 is 1.85 bits per heavy atom. The number of hydrogen-bond acceptors (Lipinski definition) is 3. The third-order valence-electron chi connectivity index (χ3n) is 4.57. The van der Waals surface area contributed by atoms with E-state index in [2.05, 4.69) is 9.80 Å². The topological polar surface area (TPSA) is 23.6 Å². The standard InChI is InChI=1S/C17H24N2O/c1-14-4-2-3-5-16(14)17(20)8-9-18-10-12-19(13-11-18)15-6-7-15/h2-5,15H,6-13H2,1H3. The molecular weight excluding hydrogens is 248 g/mol. The van der Waals surface area contributed by atoms with E-state index in [-0.39, 0.29) is 5.78 Å². The van der Waals surface area contributed by atoms with Gasteiger partial charge in [-0.25, -0.2) is 0 Å². The zero-order valence-corrected chi connectivity index (χ0v) is 12.3. The van der Waals surface area contributed by atoms with E-state index in [0.717, 1.165) is 36.8 Å². The summed E-state index contributed by atoms with van der Waals surface area (Å²) >= 11 is 0. The summed E-state index contributed by atoms with van der Waals surface area (Å²) in [5, 5.41) is 0. The Bertz CT molecular complexity index is 474. The molecule has 2 aliphatic rings. The number of carbonyl (C=O) groups excluding carboxylic acids is 1. The van der Waals surface area contributed by atoms with Crippen LogP contribution in [0.15, 0.2) is 24.3 Å². The maximum atomic E-state index is 12.3. The lowest BCUT2D eigenvalue weighted by Crippen LogP contribution is -2.47. The van der Waals surface area contributed by atoms with Crippen molar-refractivity contribution in [3.63, 3.8) is 0 Å². The SMILES string of the molecule is Cc1ccccc1C(=O)CCN1CCN(C2CC2)CC1. The second kappa shape index (κ2) is 6.06. The van der Waals surface area contributed by atoms with E-state index in [1.807, 2.05) is 31.2 Å².